The summed E-state index contributed by atoms with van der Waals surface area (Å²) in [6.45, 7) is 1.99. The molecule has 1 aliphatic rings. The van der Waals surface area contributed by atoms with Crippen LogP contribution in [0.4, 0.5) is 11.4 Å². The van der Waals surface area contributed by atoms with Crippen molar-refractivity contribution in [1.82, 2.24) is 4.90 Å². The molecule has 0 amide bonds. The average molecular weight is 251 g/mol. The van der Waals surface area contributed by atoms with Gasteiger partial charge in [0.05, 0.1) is 25.6 Å². The van der Waals surface area contributed by atoms with Crippen molar-refractivity contribution in [3.63, 3.8) is 0 Å². The molecule has 0 spiro atoms. The molecule has 18 heavy (non-hydrogen) atoms. The lowest BCUT2D eigenvalue weighted by molar-refractivity contribution is 0.245. The van der Waals surface area contributed by atoms with E-state index in [1.54, 1.807) is 14.2 Å². The molecule has 1 saturated heterocycles. The monoisotopic (exact) mass is 251 g/mol. The summed E-state index contributed by atoms with van der Waals surface area (Å²) in [4.78, 5) is 4.50. The van der Waals surface area contributed by atoms with Crippen LogP contribution in [-0.4, -0.2) is 52.3 Å². The molecule has 5 nitrogen and oxygen atoms in total. The van der Waals surface area contributed by atoms with E-state index in [0.717, 1.165) is 24.5 Å². The van der Waals surface area contributed by atoms with Crippen molar-refractivity contribution in [3.8, 4) is 11.5 Å². The summed E-state index contributed by atoms with van der Waals surface area (Å²) in [5.74, 6) is 1.49. The lowest BCUT2D eigenvalue weighted by Crippen LogP contribution is -2.57. The third-order valence-electron chi connectivity index (χ3n) is 3.46. The van der Waals surface area contributed by atoms with Gasteiger partial charge in [0.25, 0.3) is 0 Å². The number of likely N-dealkylation sites (N-methyl/N-ethyl adjacent to an activating group) is 1. The summed E-state index contributed by atoms with van der Waals surface area (Å²) in [5.41, 5.74) is 7.52. The molecule has 0 aromatic heterocycles. The highest BCUT2D eigenvalue weighted by atomic mass is 16.5. The Bertz CT molecular complexity index is 428. The molecule has 1 heterocycles. The minimum Gasteiger partial charge on any atom is -0.495 e. The Morgan fingerprint density at radius 3 is 2.28 bits per heavy atom. The maximum atomic E-state index is 5.88. The maximum absolute atomic E-state index is 5.88. The largest absolute Gasteiger partial charge is 0.495 e. The van der Waals surface area contributed by atoms with Gasteiger partial charge in [-0.15, -0.1) is 0 Å². The predicted molar refractivity (Wildman–Crippen MR) is 73.6 cm³/mol. The SMILES string of the molecule is COc1cc(N2CC(N(C)C)C2)c(OC)cc1N. The predicted octanol–water partition coefficient (Wildman–Crippen LogP) is 1.04. The fourth-order valence-corrected chi connectivity index (χ4v) is 2.13. The summed E-state index contributed by atoms with van der Waals surface area (Å²) >= 11 is 0. The minimum absolute atomic E-state index is 0.596. The summed E-state index contributed by atoms with van der Waals surface area (Å²) in [6.07, 6.45) is 0. The Hall–Kier alpha value is -1.62. The van der Waals surface area contributed by atoms with E-state index in [0.29, 0.717) is 17.5 Å². The maximum Gasteiger partial charge on any atom is 0.144 e. The highest BCUT2D eigenvalue weighted by molar-refractivity contribution is 5.71. The molecule has 2 rings (SSSR count). The van der Waals surface area contributed by atoms with Gasteiger partial charge in [-0.1, -0.05) is 0 Å². The standard InChI is InChI=1S/C13H21N3O2/c1-15(2)9-7-16(8-9)11-6-12(17-3)10(14)5-13(11)18-4/h5-6,9H,7-8,14H2,1-4H3. The number of hydrogen-bond donors (Lipinski definition) is 1. The topological polar surface area (TPSA) is 51.0 Å². The smallest absolute Gasteiger partial charge is 0.144 e. The zero-order valence-corrected chi connectivity index (χ0v) is 11.4. The second-order valence-electron chi connectivity index (χ2n) is 4.79. The Morgan fingerprint density at radius 2 is 1.78 bits per heavy atom. The van der Waals surface area contributed by atoms with E-state index in [1.807, 2.05) is 12.1 Å². The van der Waals surface area contributed by atoms with Crippen molar-refractivity contribution < 1.29 is 9.47 Å². The van der Waals surface area contributed by atoms with Crippen LogP contribution in [0.25, 0.3) is 0 Å². The molecule has 0 unspecified atom stereocenters. The highest BCUT2D eigenvalue weighted by Gasteiger charge is 2.30. The van der Waals surface area contributed by atoms with Gasteiger partial charge in [0.2, 0.25) is 0 Å². The third-order valence-corrected chi connectivity index (χ3v) is 3.46. The van der Waals surface area contributed by atoms with Crippen molar-refractivity contribution in [2.75, 3.05) is 52.0 Å². The fraction of sp³-hybridized carbons (Fsp3) is 0.538. The molecule has 1 fully saturated rings. The van der Waals surface area contributed by atoms with E-state index in [1.165, 1.54) is 0 Å². The first-order valence-electron chi connectivity index (χ1n) is 5.99. The Balaban J connectivity index is 2.22. The lowest BCUT2D eigenvalue weighted by Gasteiger charge is -2.44. The van der Waals surface area contributed by atoms with Crippen molar-refractivity contribution in [3.05, 3.63) is 12.1 Å². The second kappa shape index (κ2) is 4.94. The third kappa shape index (κ3) is 2.18. The van der Waals surface area contributed by atoms with Crippen LogP contribution in [0.1, 0.15) is 0 Å². The van der Waals surface area contributed by atoms with Crippen molar-refractivity contribution in [2.24, 2.45) is 0 Å². The number of nitrogens with zero attached hydrogens (tertiary/aromatic N) is 2. The Kier molecular flexibility index (Phi) is 3.52. The van der Waals surface area contributed by atoms with Crippen LogP contribution in [-0.2, 0) is 0 Å². The number of rotatable bonds is 4. The molecule has 0 atom stereocenters. The Morgan fingerprint density at radius 1 is 1.17 bits per heavy atom. The number of hydrogen-bond acceptors (Lipinski definition) is 5. The first-order valence-corrected chi connectivity index (χ1v) is 5.99. The molecule has 2 N–H and O–H groups in total. The quantitative estimate of drug-likeness (QED) is 0.810. The first-order chi connectivity index (χ1) is 8.56. The number of ether oxygens (including phenoxy) is 2. The van der Waals surface area contributed by atoms with Crippen molar-refractivity contribution in [2.45, 2.75) is 6.04 Å². The highest BCUT2D eigenvalue weighted by Crippen LogP contribution is 2.39. The molecule has 0 aliphatic carbocycles. The molecule has 1 aromatic rings. The van der Waals surface area contributed by atoms with Gasteiger partial charge in [0.1, 0.15) is 11.5 Å². The molecule has 5 heteroatoms. The number of nitrogen functional groups attached to an aromatic ring is 1. The van der Waals surface area contributed by atoms with Gasteiger partial charge in [-0.25, -0.2) is 0 Å². The first kappa shape index (κ1) is 12.8. The van der Waals surface area contributed by atoms with Crippen LogP contribution in [0.5, 0.6) is 11.5 Å². The summed E-state index contributed by atoms with van der Waals surface area (Å²) in [6, 6.07) is 4.36. The summed E-state index contributed by atoms with van der Waals surface area (Å²) < 4.78 is 10.6. The van der Waals surface area contributed by atoms with Gasteiger partial charge < -0.3 is 25.0 Å². The van der Waals surface area contributed by atoms with E-state index in [4.69, 9.17) is 15.2 Å². The number of anilines is 2. The molecular formula is C13H21N3O2. The minimum atomic E-state index is 0.596. The lowest BCUT2D eigenvalue weighted by atomic mass is 10.1. The molecule has 1 aromatic carbocycles. The van der Waals surface area contributed by atoms with Crippen LogP contribution < -0.4 is 20.1 Å². The summed E-state index contributed by atoms with van der Waals surface area (Å²) in [7, 11) is 7.49. The normalized spacial score (nSPS) is 15.7. The number of benzene rings is 1. The number of methoxy groups -OCH3 is 2. The van der Waals surface area contributed by atoms with Crippen LogP contribution in [0.2, 0.25) is 0 Å². The zero-order chi connectivity index (χ0) is 13.3. The van der Waals surface area contributed by atoms with Gasteiger partial charge >= 0.3 is 0 Å². The molecule has 0 bridgehead atoms. The van der Waals surface area contributed by atoms with Crippen molar-refractivity contribution >= 4 is 11.4 Å². The van der Waals surface area contributed by atoms with E-state index < -0.39 is 0 Å². The van der Waals surface area contributed by atoms with Crippen LogP contribution in [0.15, 0.2) is 12.1 Å². The summed E-state index contributed by atoms with van der Waals surface area (Å²) in [5, 5.41) is 0. The number of nitrogens with two attached hydrogens (primary N) is 1. The Labute approximate surface area is 108 Å². The van der Waals surface area contributed by atoms with Gasteiger partial charge in [0.15, 0.2) is 0 Å². The van der Waals surface area contributed by atoms with Crippen LogP contribution >= 0.6 is 0 Å². The average Bonchev–Trinajstić information content (AvgIpc) is 2.27. The molecule has 0 radical (unpaired) electrons. The van der Waals surface area contributed by atoms with E-state index in [9.17, 15) is 0 Å². The van der Waals surface area contributed by atoms with Gasteiger partial charge in [-0.2, -0.15) is 0 Å². The molecule has 1 aliphatic heterocycles. The van der Waals surface area contributed by atoms with Crippen LogP contribution in [0, 0.1) is 0 Å². The molecular weight excluding hydrogens is 230 g/mol. The van der Waals surface area contributed by atoms with Crippen LogP contribution in [0.3, 0.4) is 0 Å². The van der Waals surface area contributed by atoms with Crippen molar-refractivity contribution in [1.29, 1.82) is 0 Å². The second-order valence-corrected chi connectivity index (χ2v) is 4.79. The van der Waals surface area contributed by atoms with Gasteiger partial charge in [0, 0.05) is 31.3 Å². The fourth-order valence-electron chi connectivity index (χ4n) is 2.13. The van der Waals surface area contributed by atoms with E-state index in [-0.39, 0.29) is 0 Å². The van der Waals surface area contributed by atoms with Gasteiger partial charge in [-0.3, -0.25) is 0 Å². The van der Waals surface area contributed by atoms with E-state index >= 15 is 0 Å². The zero-order valence-electron chi connectivity index (χ0n) is 11.4. The van der Waals surface area contributed by atoms with E-state index in [2.05, 4.69) is 23.9 Å². The molecule has 0 saturated carbocycles. The van der Waals surface area contributed by atoms with Gasteiger partial charge in [-0.05, 0) is 14.1 Å². The molecule has 100 valence electrons.